The molecule has 1 aromatic rings. The number of thiazole rings is 1. The summed E-state index contributed by atoms with van der Waals surface area (Å²) in [4.78, 5) is 15.9. The molecule has 4 nitrogen and oxygen atoms in total. The number of aliphatic hydroxyl groups is 1. The predicted octanol–water partition coefficient (Wildman–Crippen LogP) is 2.30. The molecule has 108 valence electrons. The first kappa shape index (κ1) is 16.1. The Hall–Kier alpha value is -0.940. The number of aliphatic hydroxyl groups excluding tert-OH is 1. The molecular formula is C14H24N2O2S. The minimum Gasteiger partial charge on any atom is -0.393 e. The molecule has 2 N–H and O–H groups in total. The summed E-state index contributed by atoms with van der Waals surface area (Å²) in [6.07, 6.45) is 2.48. The van der Waals surface area contributed by atoms with E-state index in [2.05, 4.69) is 10.3 Å². The molecule has 0 radical (unpaired) electrons. The van der Waals surface area contributed by atoms with Crippen LogP contribution in [0.4, 0.5) is 0 Å². The Bertz CT molecular complexity index is 391. The topological polar surface area (TPSA) is 62.2 Å². The molecular weight excluding hydrogens is 260 g/mol. The van der Waals surface area contributed by atoms with Crippen molar-refractivity contribution >= 4 is 17.2 Å². The van der Waals surface area contributed by atoms with Gasteiger partial charge in [-0.2, -0.15) is 0 Å². The van der Waals surface area contributed by atoms with Gasteiger partial charge in [-0.05, 0) is 32.1 Å². The lowest BCUT2D eigenvalue weighted by molar-refractivity contribution is -0.121. The SMILES string of the molecule is Cc1nc(CCCC(=O)NCCC(O)C(C)C)cs1. The highest BCUT2D eigenvalue weighted by Gasteiger charge is 2.09. The van der Waals surface area contributed by atoms with Crippen LogP contribution >= 0.6 is 11.3 Å². The van der Waals surface area contributed by atoms with Crippen LogP contribution in [0.15, 0.2) is 5.38 Å². The fourth-order valence-electron chi connectivity index (χ4n) is 1.73. The first-order chi connectivity index (χ1) is 8.99. The zero-order chi connectivity index (χ0) is 14.3. The number of nitrogens with one attached hydrogen (secondary N) is 1. The molecule has 5 heteroatoms. The molecule has 0 aliphatic heterocycles. The molecule has 0 aliphatic rings. The second-order valence-electron chi connectivity index (χ2n) is 5.16. The van der Waals surface area contributed by atoms with Gasteiger partial charge in [0.05, 0.1) is 16.8 Å². The zero-order valence-electron chi connectivity index (χ0n) is 12.0. The third-order valence-electron chi connectivity index (χ3n) is 3.04. The highest BCUT2D eigenvalue weighted by atomic mass is 32.1. The lowest BCUT2D eigenvalue weighted by atomic mass is 10.0. The predicted molar refractivity (Wildman–Crippen MR) is 78.3 cm³/mol. The Morgan fingerprint density at radius 3 is 2.84 bits per heavy atom. The van der Waals surface area contributed by atoms with E-state index in [1.54, 1.807) is 11.3 Å². The normalized spacial score (nSPS) is 12.7. The molecule has 1 amide bonds. The van der Waals surface area contributed by atoms with E-state index in [1.165, 1.54) is 0 Å². The van der Waals surface area contributed by atoms with Crippen LogP contribution in [0.1, 0.15) is 43.8 Å². The second-order valence-corrected chi connectivity index (χ2v) is 6.22. The summed E-state index contributed by atoms with van der Waals surface area (Å²) in [7, 11) is 0. The van der Waals surface area contributed by atoms with E-state index in [1.807, 2.05) is 26.2 Å². The van der Waals surface area contributed by atoms with Crippen LogP contribution < -0.4 is 5.32 Å². The van der Waals surface area contributed by atoms with Gasteiger partial charge < -0.3 is 10.4 Å². The van der Waals surface area contributed by atoms with Crippen LogP contribution in [-0.4, -0.2) is 28.6 Å². The Kier molecular flexibility index (Phi) is 7.02. The number of aryl methyl sites for hydroxylation is 2. The second kappa shape index (κ2) is 8.27. The third kappa shape index (κ3) is 6.68. The van der Waals surface area contributed by atoms with Crippen molar-refractivity contribution in [1.29, 1.82) is 0 Å². The number of aromatic nitrogens is 1. The highest BCUT2D eigenvalue weighted by molar-refractivity contribution is 7.09. The Morgan fingerprint density at radius 2 is 2.26 bits per heavy atom. The minimum absolute atomic E-state index is 0.0582. The third-order valence-corrected chi connectivity index (χ3v) is 3.86. The largest absolute Gasteiger partial charge is 0.393 e. The molecule has 1 rings (SSSR count). The van der Waals surface area contributed by atoms with Gasteiger partial charge in [-0.1, -0.05) is 13.8 Å². The van der Waals surface area contributed by atoms with Gasteiger partial charge >= 0.3 is 0 Å². The molecule has 0 aliphatic carbocycles. The molecule has 1 atom stereocenters. The molecule has 1 aromatic heterocycles. The average molecular weight is 284 g/mol. The fraction of sp³-hybridized carbons (Fsp3) is 0.714. The summed E-state index contributed by atoms with van der Waals surface area (Å²) >= 11 is 1.64. The van der Waals surface area contributed by atoms with Crippen molar-refractivity contribution in [1.82, 2.24) is 10.3 Å². The highest BCUT2D eigenvalue weighted by Crippen LogP contribution is 2.10. The summed E-state index contributed by atoms with van der Waals surface area (Å²) in [6, 6.07) is 0. The number of hydrogen-bond donors (Lipinski definition) is 2. The van der Waals surface area contributed by atoms with E-state index in [4.69, 9.17) is 0 Å². The Morgan fingerprint density at radius 1 is 1.53 bits per heavy atom. The summed E-state index contributed by atoms with van der Waals surface area (Å²) in [5, 5.41) is 15.6. The van der Waals surface area contributed by atoms with Gasteiger partial charge in [0.15, 0.2) is 0 Å². The van der Waals surface area contributed by atoms with Gasteiger partial charge in [-0.25, -0.2) is 4.98 Å². The van der Waals surface area contributed by atoms with Gasteiger partial charge in [-0.3, -0.25) is 4.79 Å². The van der Waals surface area contributed by atoms with Crippen molar-refractivity contribution in [2.45, 2.75) is 52.6 Å². The maximum Gasteiger partial charge on any atom is 0.220 e. The van der Waals surface area contributed by atoms with Gasteiger partial charge in [0.2, 0.25) is 5.91 Å². The molecule has 19 heavy (non-hydrogen) atoms. The Labute approximate surface area is 119 Å². The number of amides is 1. The molecule has 0 spiro atoms. The number of rotatable bonds is 8. The van der Waals surface area contributed by atoms with E-state index < -0.39 is 0 Å². The first-order valence-electron chi connectivity index (χ1n) is 6.84. The van der Waals surface area contributed by atoms with Gasteiger partial charge in [0.25, 0.3) is 0 Å². The smallest absolute Gasteiger partial charge is 0.220 e. The number of nitrogens with zero attached hydrogens (tertiary/aromatic N) is 1. The standard InChI is InChI=1S/C14H24N2O2S/c1-10(2)13(17)7-8-15-14(18)6-4-5-12-9-19-11(3)16-12/h9-10,13,17H,4-8H2,1-3H3,(H,15,18). The van der Waals surface area contributed by atoms with E-state index >= 15 is 0 Å². The van der Waals surface area contributed by atoms with Gasteiger partial charge in [0, 0.05) is 18.3 Å². The van der Waals surface area contributed by atoms with Crippen molar-refractivity contribution in [3.63, 3.8) is 0 Å². The first-order valence-corrected chi connectivity index (χ1v) is 7.72. The number of hydrogen-bond acceptors (Lipinski definition) is 4. The summed E-state index contributed by atoms with van der Waals surface area (Å²) in [6.45, 7) is 6.49. The van der Waals surface area contributed by atoms with E-state index in [-0.39, 0.29) is 17.9 Å². The zero-order valence-corrected chi connectivity index (χ0v) is 12.8. The van der Waals surface area contributed by atoms with Crippen LogP contribution in [0.25, 0.3) is 0 Å². The lowest BCUT2D eigenvalue weighted by Gasteiger charge is -2.14. The summed E-state index contributed by atoms with van der Waals surface area (Å²) < 4.78 is 0. The van der Waals surface area contributed by atoms with Crippen LogP contribution in [0.3, 0.4) is 0 Å². The minimum atomic E-state index is -0.335. The lowest BCUT2D eigenvalue weighted by Crippen LogP contribution is -2.28. The van der Waals surface area contributed by atoms with E-state index in [9.17, 15) is 9.90 Å². The van der Waals surface area contributed by atoms with Crippen molar-refractivity contribution in [3.8, 4) is 0 Å². The number of carbonyl (C=O) groups is 1. The van der Waals surface area contributed by atoms with Crippen molar-refractivity contribution < 1.29 is 9.90 Å². The monoisotopic (exact) mass is 284 g/mol. The maximum absolute atomic E-state index is 11.6. The molecule has 0 saturated carbocycles. The molecule has 1 heterocycles. The van der Waals surface area contributed by atoms with Gasteiger partial charge in [0.1, 0.15) is 0 Å². The van der Waals surface area contributed by atoms with Crippen LogP contribution in [0, 0.1) is 12.8 Å². The molecule has 0 fully saturated rings. The average Bonchev–Trinajstić information content (AvgIpc) is 2.74. The van der Waals surface area contributed by atoms with Crippen LogP contribution in [-0.2, 0) is 11.2 Å². The summed E-state index contributed by atoms with van der Waals surface area (Å²) in [5.41, 5.74) is 1.07. The van der Waals surface area contributed by atoms with Crippen molar-refractivity contribution in [2.75, 3.05) is 6.54 Å². The van der Waals surface area contributed by atoms with E-state index in [0.717, 1.165) is 23.5 Å². The number of carbonyl (C=O) groups excluding carboxylic acids is 1. The quantitative estimate of drug-likeness (QED) is 0.770. The molecule has 0 bridgehead atoms. The van der Waals surface area contributed by atoms with Crippen LogP contribution in [0.5, 0.6) is 0 Å². The fourth-order valence-corrected chi connectivity index (χ4v) is 2.38. The molecule has 0 saturated heterocycles. The molecule has 0 aromatic carbocycles. The maximum atomic E-state index is 11.6. The van der Waals surface area contributed by atoms with Crippen molar-refractivity contribution in [3.05, 3.63) is 16.1 Å². The summed E-state index contributed by atoms with van der Waals surface area (Å²) in [5.74, 6) is 0.299. The molecule has 1 unspecified atom stereocenters. The van der Waals surface area contributed by atoms with Crippen molar-refractivity contribution in [2.24, 2.45) is 5.92 Å². The van der Waals surface area contributed by atoms with E-state index in [0.29, 0.717) is 19.4 Å². The van der Waals surface area contributed by atoms with Gasteiger partial charge in [-0.15, -0.1) is 11.3 Å². The van der Waals surface area contributed by atoms with Crippen LogP contribution in [0.2, 0.25) is 0 Å². The Balaban J connectivity index is 2.08.